The fourth-order valence-corrected chi connectivity index (χ4v) is 1.63. The summed E-state index contributed by atoms with van der Waals surface area (Å²) in [6, 6.07) is 0.313. The third-order valence-electron chi connectivity index (χ3n) is 2.46. The molecule has 0 amide bonds. The summed E-state index contributed by atoms with van der Waals surface area (Å²) >= 11 is 0. The molecule has 1 aliphatic heterocycles. The first-order valence-electron chi connectivity index (χ1n) is 5.89. The van der Waals surface area contributed by atoms with E-state index in [1.807, 2.05) is 6.92 Å². The largest absolute Gasteiger partial charge is 0.463 e. The average molecular weight is 238 g/mol. The van der Waals surface area contributed by atoms with Crippen LogP contribution in [-0.2, 0) is 0 Å². The molecule has 0 saturated carbocycles. The highest BCUT2D eigenvalue weighted by Crippen LogP contribution is 2.13. The topological polar surface area (TPSA) is 89.2 Å². The number of rotatable bonds is 4. The first-order chi connectivity index (χ1) is 8.29. The van der Waals surface area contributed by atoms with Gasteiger partial charge in [0.15, 0.2) is 0 Å². The number of nitrogen functional groups attached to an aromatic ring is 1. The van der Waals surface area contributed by atoms with Crippen LogP contribution in [0.4, 0.5) is 11.9 Å². The van der Waals surface area contributed by atoms with Gasteiger partial charge in [0.1, 0.15) is 0 Å². The first-order valence-corrected chi connectivity index (χ1v) is 5.89. The molecule has 1 aromatic rings. The van der Waals surface area contributed by atoms with Crippen molar-refractivity contribution >= 4 is 11.9 Å². The van der Waals surface area contributed by atoms with Gasteiger partial charge in [0.05, 0.1) is 6.61 Å². The molecule has 7 nitrogen and oxygen atoms in total. The summed E-state index contributed by atoms with van der Waals surface area (Å²) < 4.78 is 5.38. The van der Waals surface area contributed by atoms with Gasteiger partial charge < -0.3 is 20.7 Å². The SMILES string of the molecule is CCCOc1nc(N)nc(N2CCNCC2)n1. The quantitative estimate of drug-likeness (QED) is 0.741. The van der Waals surface area contributed by atoms with Gasteiger partial charge in [-0.3, -0.25) is 0 Å². The molecular weight excluding hydrogens is 220 g/mol. The van der Waals surface area contributed by atoms with Crippen LogP contribution < -0.4 is 20.7 Å². The highest BCUT2D eigenvalue weighted by atomic mass is 16.5. The lowest BCUT2D eigenvalue weighted by Gasteiger charge is -2.27. The molecule has 0 aromatic carbocycles. The standard InChI is InChI=1S/C10H18N6O/c1-2-7-17-10-14-8(11)13-9(15-10)16-5-3-12-4-6-16/h12H,2-7H2,1H3,(H2,11,13,14,15). The smallest absolute Gasteiger partial charge is 0.323 e. The van der Waals surface area contributed by atoms with Crippen LogP contribution in [-0.4, -0.2) is 47.7 Å². The van der Waals surface area contributed by atoms with Gasteiger partial charge in [-0.2, -0.15) is 15.0 Å². The van der Waals surface area contributed by atoms with E-state index in [0.717, 1.165) is 32.6 Å². The molecule has 0 spiro atoms. The van der Waals surface area contributed by atoms with E-state index in [4.69, 9.17) is 10.5 Å². The van der Waals surface area contributed by atoms with E-state index in [1.165, 1.54) is 0 Å². The minimum absolute atomic E-state index is 0.208. The van der Waals surface area contributed by atoms with Crippen LogP contribution in [0.5, 0.6) is 6.01 Å². The summed E-state index contributed by atoms with van der Waals surface area (Å²) in [5, 5.41) is 3.27. The molecule has 1 aliphatic rings. The van der Waals surface area contributed by atoms with Crippen molar-refractivity contribution < 1.29 is 4.74 Å². The van der Waals surface area contributed by atoms with Gasteiger partial charge in [-0.1, -0.05) is 6.92 Å². The summed E-state index contributed by atoms with van der Waals surface area (Å²) in [7, 11) is 0. The Labute approximate surface area is 100 Å². The van der Waals surface area contributed by atoms with Gasteiger partial charge in [0.2, 0.25) is 11.9 Å². The van der Waals surface area contributed by atoms with Crippen molar-refractivity contribution in [1.29, 1.82) is 0 Å². The monoisotopic (exact) mass is 238 g/mol. The molecule has 0 bridgehead atoms. The summed E-state index contributed by atoms with van der Waals surface area (Å²) in [5.41, 5.74) is 5.65. The van der Waals surface area contributed by atoms with Gasteiger partial charge in [-0.05, 0) is 6.42 Å². The number of nitrogens with two attached hydrogens (primary N) is 1. The second kappa shape index (κ2) is 5.62. The fourth-order valence-electron chi connectivity index (χ4n) is 1.63. The van der Waals surface area contributed by atoms with E-state index >= 15 is 0 Å². The van der Waals surface area contributed by atoms with Crippen molar-refractivity contribution in [3.63, 3.8) is 0 Å². The predicted octanol–water partition coefficient (Wildman–Crippen LogP) is -0.348. The lowest BCUT2D eigenvalue weighted by Crippen LogP contribution is -2.44. The Hall–Kier alpha value is -1.63. The zero-order chi connectivity index (χ0) is 12.1. The minimum atomic E-state index is 0.208. The molecular formula is C10H18N6O. The van der Waals surface area contributed by atoms with Crippen molar-refractivity contribution in [3.05, 3.63) is 0 Å². The Kier molecular flexibility index (Phi) is 3.92. The van der Waals surface area contributed by atoms with E-state index < -0.39 is 0 Å². The van der Waals surface area contributed by atoms with Crippen molar-refractivity contribution in [1.82, 2.24) is 20.3 Å². The number of hydrogen-bond acceptors (Lipinski definition) is 7. The number of nitrogens with one attached hydrogen (secondary N) is 1. The summed E-state index contributed by atoms with van der Waals surface area (Å²) in [6.45, 7) is 6.22. The number of nitrogens with zero attached hydrogens (tertiary/aromatic N) is 4. The lowest BCUT2D eigenvalue weighted by atomic mass is 10.4. The Morgan fingerprint density at radius 2 is 2.06 bits per heavy atom. The van der Waals surface area contributed by atoms with Crippen molar-refractivity contribution in [3.8, 4) is 6.01 Å². The van der Waals surface area contributed by atoms with E-state index in [0.29, 0.717) is 18.6 Å². The molecule has 1 fully saturated rings. The summed E-state index contributed by atoms with van der Waals surface area (Å²) in [5.74, 6) is 0.810. The third kappa shape index (κ3) is 3.16. The van der Waals surface area contributed by atoms with Crippen molar-refractivity contribution in [2.75, 3.05) is 43.4 Å². The Bertz CT molecular complexity index is 366. The molecule has 0 radical (unpaired) electrons. The molecule has 0 unspecified atom stereocenters. The predicted molar refractivity (Wildman–Crippen MR) is 65.1 cm³/mol. The molecule has 2 heterocycles. The summed E-state index contributed by atoms with van der Waals surface area (Å²) in [4.78, 5) is 14.4. The molecule has 0 aliphatic carbocycles. The van der Waals surface area contributed by atoms with Gasteiger partial charge >= 0.3 is 6.01 Å². The number of aromatic nitrogens is 3. The Balaban J connectivity index is 2.12. The van der Waals surface area contributed by atoms with Crippen LogP contribution >= 0.6 is 0 Å². The van der Waals surface area contributed by atoms with Crippen LogP contribution in [0.1, 0.15) is 13.3 Å². The Morgan fingerprint density at radius 3 is 2.76 bits per heavy atom. The number of piperazine rings is 1. The van der Waals surface area contributed by atoms with E-state index in [2.05, 4.69) is 25.2 Å². The highest BCUT2D eigenvalue weighted by molar-refractivity contribution is 5.36. The zero-order valence-corrected chi connectivity index (χ0v) is 10.0. The maximum atomic E-state index is 5.65. The molecule has 94 valence electrons. The van der Waals surface area contributed by atoms with Crippen molar-refractivity contribution in [2.45, 2.75) is 13.3 Å². The molecule has 1 saturated heterocycles. The van der Waals surface area contributed by atoms with Crippen LogP contribution in [0.15, 0.2) is 0 Å². The van der Waals surface area contributed by atoms with E-state index in [1.54, 1.807) is 0 Å². The van der Waals surface area contributed by atoms with Gasteiger partial charge in [0, 0.05) is 26.2 Å². The number of anilines is 2. The molecule has 17 heavy (non-hydrogen) atoms. The first kappa shape index (κ1) is 11.8. The maximum Gasteiger partial charge on any atom is 0.323 e. The molecule has 2 rings (SSSR count). The second-order valence-electron chi connectivity index (χ2n) is 3.86. The highest BCUT2D eigenvalue weighted by Gasteiger charge is 2.15. The molecule has 1 aromatic heterocycles. The lowest BCUT2D eigenvalue weighted by molar-refractivity contribution is 0.292. The number of ether oxygens (including phenoxy) is 1. The molecule has 7 heteroatoms. The van der Waals surface area contributed by atoms with Crippen LogP contribution in [0, 0.1) is 0 Å². The second-order valence-corrected chi connectivity index (χ2v) is 3.86. The molecule has 0 atom stereocenters. The average Bonchev–Trinajstić information content (AvgIpc) is 2.37. The van der Waals surface area contributed by atoms with E-state index in [9.17, 15) is 0 Å². The van der Waals surface area contributed by atoms with Gasteiger partial charge in [0.25, 0.3) is 0 Å². The maximum absolute atomic E-state index is 5.65. The van der Waals surface area contributed by atoms with Crippen molar-refractivity contribution in [2.24, 2.45) is 0 Å². The number of hydrogen-bond donors (Lipinski definition) is 2. The minimum Gasteiger partial charge on any atom is -0.463 e. The zero-order valence-electron chi connectivity index (χ0n) is 10.0. The molecule has 3 N–H and O–H groups in total. The normalized spacial score (nSPS) is 15.9. The van der Waals surface area contributed by atoms with Gasteiger partial charge in [-0.25, -0.2) is 0 Å². The van der Waals surface area contributed by atoms with E-state index in [-0.39, 0.29) is 5.95 Å². The third-order valence-corrected chi connectivity index (χ3v) is 2.46. The van der Waals surface area contributed by atoms with Crippen LogP contribution in [0.2, 0.25) is 0 Å². The fraction of sp³-hybridized carbons (Fsp3) is 0.700. The van der Waals surface area contributed by atoms with Crippen LogP contribution in [0.25, 0.3) is 0 Å². The van der Waals surface area contributed by atoms with Crippen LogP contribution in [0.3, 0.4) is 0 Å². The Morgan fingerprint density at radius 1 is 1.29 bits per heavy atom. The van der Waals surface area contributed by atoms with Gasteiger partial charge in [-0.15, -0.1) is 0 Å². The summed E-state index contributed by atoms with van der Waals surface area (Å²) in [6.07, 6.45) is 0.911.